The Morgan fingerprint density at radius 1 is 1.32 bits per heavy atom. The van der Waals surface area contributed by atoms with E-state index in [0.717, 1.165) is 11.3 Å². The van der Waals surface area contributed by atoms with Crippen LogP contribution in [0.1, 0.15) is 12.5 Å². The van der Waals surface area contributed by atoms with Crippen molar-refractivity contribution in [2.24, 2.45) is 16.5 Å². The van der Waals surface area contributed by atoms with Crippen molar-refractivity contribution in [2.45, 2.75) is 13.5 Å². The summed E-state index contributed by atoms with van der Waals surface area (Å²) < 4.78 is 5.34. The van der Waals surface area contributed by atoms with Crippen LogP contribution >= 0.6 is 12.4 Å². The molecule has 1 rings (SSSR count). The first kappa shape index (κ1) is 17.1. The Morgan fingerprint density at radius 2 is 1.89 bits per heavy atom. The van der Waals surface area contributed by atoms with E-state index in [0.29, 0.717) is 13.2 Å². The number of halogens is 1. The Bertz CT molecular complexity index is 432. The van der Waals surface area contributed by atoms with Gasteiger partial charge in [0.05, 0.1) is 13.2 Å². The van der Waals surface area contributed by atoms with Gasteiger partial charge in [-0.05, 0) is 24.6 Å². The molecule has 19 heavy (non-hydrogen) atoms. The summed E-state index contributed by atoms with van der Waals surface area (Å²) in [5.74, 6) is 0.915. The number of aliphatic imine (C=N–C) groups is 1. The highest BCUT2D eigenvalue weighted by Gasteiger charge is 2.03. The van der Waals surface area contributed by atoms with E-state index in [1.807, 2.05) is 31.2 Å². The quantitative estimate of drug-likeness (QED) is 0.570. The van der Waals surface area contributed by atoms with Crippen molar-refractivity contribution >= 4 is 24.3 Å². The van der Waals surface area contributed by atoms with E-state index in [2.05, 4.69) is 4.99 Å². The van der Waals surface area contributed by atoms with Gasteiger partial charge < -0.3 is 16.2 Å². The number of nitrogens with two attached hydrogens (primary N) is 2. The van der Waals surface area contributed by atoms with Crippen LogP contribution in [0.15, 0.2) is 29.3 Å². The first-order chi connectivity index (χ1) is 8.54. The molecular weight excluding hydrogens is 266 g/mol. The molecule has 1 aromatic carbocycles. The molecule has 0 bridgehead atoms. The number of hydrogen-bond acceptors (Lipinski definition) is 3. The lowest BCUT2D eigenvalue weighted by Gasteiger charge is -2.14. The third kappa shape index (κ3) is 5.48. The number of ether oxygens (including phenoxy) is 1. The van der Waals surface area contributed by atoms with Crippen LogP contribution < -0.4 is 16.2 Å². The molecule has 0 aliphatic rings. The molecule has 5 N–H and O–H groups in total. The lowest BCUT2D eigenvalue weighted by atomic mass is 10.2. The van der Waals surface area contributed by atoms with E-state index < -0.39 is 0 Å². The summed E-state index contributed by atoms with van der Waals surface area (Å²) in [5, 5.41) is 7.21. The Labute approximate surface area is 119 Å². The lowest BCUT2D eigenvalue weighted by Crippen LogP contribution is -2.42. The molecule has 0 aliphatic heterocycles. The minimum atomic E-state index is -0.136. The van der Waals surface area contributed by atoms with E-state index in [9.17, 15) is 0 Å². The van der Waals surface area contributed by atoms with Crippen molar-refractivity contribution < 1.29 is 4.74 Å². The summed E-state index contributed by atoms with van der Waals surface area (Å²) in [7, 11) is 1.60. The molecule has 0 fully saturated rings. The highest BCUT2D eigenvalue weighted by Crippen LogP contribution is 2.12. The van der Waals surface area contributed by atoms with Crippen molar-refractivity contribution in [3.63, 3.8) is 0 Å². The average Bonchev–Trinajstić information content (AvgIpc) is 2.37. The second kappa shape index (κ2) is 8.20. The summed E-state index contributed by atoms with van der Waals surface area (Å²) in [4.78, 5) is 5.46. The van der Waals surface area contributed by atoms with Gasteiger partial charge >= 0.3 is 0 Å². The van der Waals surface area contributed by atoms with Crippen LogP contribution in [0.4, 0.5) is 0 Å². The molecule has 0 spiro atoms. The van der Waals surface area contributed by atoms with Crippen molar-refractivity contribution in [1.82, 2.24) is 4.90 Å². The number of guanidine groups is 2. The van der Waals surface area contributed by atoms with Crippen LogP contribution in [-0.2, 0) is 6.54 Å². The largest absolute Gasteiger partial charge is 0.494 e. The minimum absolute atomic E-state index is 0. The van der Waals surface area contributed by atoms with Crippen LogP contribution in [0.2, 0.25) is 0 Å². The third-order valence-corrected chi connectivity index (χ3v) is 2.36. The molecule has 106 valence electrons. The Morgan fingerprint density at radius 3 is 2.37 bits per heavy atom. The molecule has 0 amide bonds. The van der Waals surface area contributed by atoms with E-state index in [1.54, 1.807) is 7.05 Å². The van der Waals surface area contributed by atoms with Crippen molar-refractivity contribution in [3.8, 4) is 5.75 Å². The second-order valence-electron chi connectivity index (χ2n) is 3.70. The van der Waals surface area contributed by atoms with Gasteiger partial charge in [0, 0.05) is 7.05 Å². The Balaban J connectivity index is 0.00000324. The topological polar surface area (TPSA) is 101 Å². The zero-order valence-electron chi connectivity index (χ0n) is 11.1. The predicted octanol–water partition coefficient (Wildman–Crippen LogP) is 1.15. The van der Waals surface area contributed by atoms with Gasteiger partial charge in [-0.2, -0.15) is 0 Å². The van der Waals surface area contributed by atoms with E-state index in [1.165, 1.54) is 4.90 Å². The predicted molar refractivity (Wildman–Crippen MR) is 79.9 cm³/mol. The van der Waals surface area contributed by atoms with Gasteiger partial charge in [-0.15, -0.1) is 12.4 Å². The van der Waals surface area contributed by atoms with E-state index >= 15 is 0 Å². The first-order valence-electron chi connectivity index (χ1n) is 5.64. The maximum absolute atomic E-state index is 7.21. The molecule has 7 heteroatoms. The molecule has 6 nitrogen and oxygen atoms in total. The minimum Gasteiger partial charge on any atom is -0.494 e. The maximum Gasteiger partial charge on any atom is 0.198 e. The smallest absolute Gasteiger partial charge is 0.198 e. The zero-order valence-corrected chi connectivity index (χ0v) is 11.9. The lowest BCUT2D eigenvalue weighted by molar-refractivity contribution is 0.340. The molecule has 0 saturated heterocycles. The molecule has 0 saturated carbocycles. The molecule has 0 aliphatic carbocycles. The summed E-state index contributed by atoms with van der Waals surface area (Å²) >= 11 is 0. The Hall–Kier alpha value is -1.95. The SMILES string of the molecule is CCOc1ccc(CN=C(N)N(C)C(=N)N)cc1.Cl. The number of rotatable bonds is 4. The monoisotopic (exact) mass is 285 g/mol. The second-order valence-corrected chi connectivity index (χ2v) is 3.70. The normalized spacial score (nSPS) is 10.5. The van der Waals surface area contributed by atoms with Crippen molar-refractivity contribution in [3.05, 3.63) is 29.8 Å². The standard InChI is InChI=1S/C12H19N5O.ClH/c1-3-18-10-6-4-9(5-7-10)8-16-12(15)17(2)11(13)14;/h4-7H,3,8H2,1-2H3,(H3,13,14)(H2,15,16);1H. The van der Waals surface area contributed by atoms with Gasteiger partial charge in [-0.1, -0.05) is 12.1 Å². The van der Waals surface area contributed by atoms with Gasteiger partial charge in [0.1, 0.15) is 5.75 Å². The number of nitrogens with one attached hydrogen (secondary N) is 1. The molecule has 0 atom stereocenters. The fraction of sp³-hybridized carbons (Fsp3) is 0.333. The van der Waals surface area contributed by atoms with Crippen LogP contribution in [0, 0.1) is 5.41 Å². The summed E-state index contributed by atoms with van der Waals surface area (Å²) in [6.45, 7) is 3.03. The van der Waals surface area contributed by atoms with Gasteiger partial charge in [0.2, 0.25) is 0 Å². The molecule has 1 aromatic rings. The Kier molecular flexibility index (Phi) is 7.36. The fourth-order valence-electron chi connectivity index (χ4n) is 1.26. The van der Waals surface area contributed by atoms with Crippen LogP contribution in [0.3, 0.4) is 0 Å². The van der Waals surface area contributed by atoms with E-state index in [4.69, 9.17) is 21.6 Å². The molecule has 0 unspecified atom stereocenters. The van der Waals surface area contributed by atoms with Gasteiger partial charge in [-0.25, -0.2) is 4.99 Å². The number of hydrogen-bond donors (Lipinski definition) is 3. The van der Waals surface area contributed by atoms with Crippen LogP contribution in [-0.4, -0.2) is 30.5 Å². The summed E-state index contributed by atoms with van der Waals surface area (Å²) in [5.41, 5.74) is 12.0. The summed E-state index contributed by atoms with van der Waals surface area (Å²) in [6.07, 6.45) is 0. The first-order valence-corrected chi connectivity index (χ1v) is 5.64. The molecule has 0 heterocycles. The van der Waals surface area contributed by atoms with Crippen molar-refractivity contribution in [2.75, 3.05) is 13.7 Å². The highest BCUT2D eigenvalue weighted by atomic mass is 35.5. The van der Waals surface area contributed by atoms with Crippen molar-refractivity contribution in [1.29, 1.82) is 5.41 Å². The fourth-order valence-corrected chi connectivity index (χ4v) is 1.26. The van der Waals surface area contributed by atoms with Gasteiger partial charge in [0.25, 0.3) is 0 Å². The summed E-state index contributed by atoms with van der Waals surface area (Å²) in [6, 6.07) is 7.63. The molecular formula is C12H20ClN5O. The highest BCUT2D eigenvalue weighted by molar-refractivity contribution is 5.95. The molecule has 0 aromatic heterocycles. The van der Waals surface area contributed by atoms with Crippen LogP contribution in [0.25, 0.3) is 0 Å². The van der Waals surface area contributed by atoms with E-state index in [-0.39, 0.29) is 24.3 Å². The molecule has 0 radical (unpaired) electrons. The zero-order chi connectivity index (χ0) is 13.5. The number of nitrogens with zero attached hydrogens (tertiary/aromatic N) is 2. The average molecular weight is 286 g/mol. The number of benzene rings is 1. The third-order valence-electron chi connectivity index (χ3n) is 2.36. The van der Waals surface area contributed by atoms with Gasteiger partial charge in [-0.3, -0.25) is 10.3 Å². The van der Waals surface area contributed by atoms with Crippen LogP contribution in [0.5, 0.6) is 5.75 Å². The maximum atomic E-state index is 7.21. The van der Waals surface area contributed by atoms with Gasteiger partial charge in [0.15, 0.2) is 11.9 Å².